The lowest BCUT2D eigenvalue weighted by Gasteiger charge is -2.33. The van der Waals surface area contributed by atoms with Gasteiger partial charge in [-0.05, 0) is 35.0 Å². The van der Waals surface area contributed by atoms with Gasteiger partial charge in [-0.15, -0.1) is 0 Å². The number of rotatable bonds is 6. The SMILES string of the molecule is O=C(NC1(C(=O)O)CCOCC1)c1ccc(COc2ccc3ccccc3c2)o1. The monoisotopic (exact) mass is 395 g/mol. The minimum Gasteiger partial charge on any atom is -0.486 e. The van der Waals surface area contributed by atoms with Crippen LogP contribution in [0.15, 0.2) is 59.0 Å². The fraction of sp³-hybridized carbons (Fsp3) is 0.273. The molecule has 0 radical (unpaired) electrons. The molecule has 1 aliphatic rings. The van der Waals surface area contributed by atoms with Gasteiger partial charge in [0, 0.05) is 26.1 Å². The van der Waals surface area contributed by atoms with Gasteiger partial charge in [0.25, 0.3) is 5.91 Å². The van der Waals surface area contributed by atoms with Crippen molar-refractivity contribution in [1.82, 2.24) is 5.32 Å². The Balaban J connectivity index is 1.40. The van der Waals surface area contributed by atoms with Crippen LogP contribution in [0.3, 0.4) is 0 Å². The second-order valence-corrected chi connectivity index (χ2v) is 7.02. The molecule has 0 aliphatic carbocycles. The summed E-state index contributed by atoms with van der Waals surface area (Å²) in [5, 5.41) is 14.3. The second-order valence-electron chi connectivity index (χ2n) is 7.02. The molecular weight excluding hydrogens is 374 g/mol. The molecule has 0 unspecified atom stereocenters. The molecule has 1 aromatic heterocycles. The molecule has 4 rings (SSSR count). The number of fused-ring (bicyclic) bond motifs is 1. The number of amides is 1. The second kappa shape index (κ2) is 7.97. The predicted molar refractivity (Wildman–Crippen MR) is 105 cm³/mol. The fourth-order valence-corrected chi connectivity index (χ4v) is 3.38. The van der Waals surface area contributed by atoms with Crippen molar-refractivity contribution in [1.29, 1.82) is 0 Å². The topological polar surface area (TPSA) is 98.0 Å². The molecule has 1 aliphatic heterocycles. The van der Waals surface area contributed by atoms with Gasteiger partial charge in [0.15, 0.2) is 5.76 Å². The Labute approximate surface area is 167 Å². The van der Waals surface area contributed by atoms with Crippen molar-refractivity contribution < 1.29 is 28.6 Å². The van der Waals surface area contributed by atoms with E-state index in [4.69, 9.17) is 13.9 Å². The number of carbonyl (C=O) groups is 2. The molecule has 2 heterocycles. The third-order valence-electron chi connectivity index (χ3n) is 5.10. The molecule has 3 aromatic rings. The molecule has 7 nitrogen and oxygen atoms in total. The largest absolute Gasteiger partial charge is 0.486 e. The van der Waals surface area contributed by atoms with Gasteiger partial charge >= 0.3 is 5.97 Å². The van der Waals surface area contributed by atoms with Gasteiger partial charge in [0.05, 0.1) is 0 Å². The summed E-state index contributed by atoms with van der Waals surface area (Å²) in [6, 6.07) is 16.9. The van der Waals surface area contributed by atoms with Crippen molar-refractivity contribution in [2.24, 2.45) is 0 Å². The first-order chi connectivity index (χ1) is 14.1. The van der Waals surface area contributed by atoms with Crippen LogP contribution in [0.5, 0.6) is 5.75 Å². The minimum absolute atomic E-state index is 0.0502. The van der Waals surface area contributed by atoms with Crippen molar-refractivity contribution in [3.63, 3.8) is 0 Å². The first kappa shape index (κ1) is 19.0. The van der Waals surface area contributed by atoms with E-state index in [9.17, 15) is 14.7 Å². The van der Waals surface area contributed by atoms with E-state index < -0.39 is 17.4 Å². The van der Waals surface area contributed by atoms with E-state index in [0.29, 0.717) is 11.5 Å². The van der Waals surface area contributed by atoms with Crippen LogP contribution >= 0.6 is 0 Å². The highest BCUT2D eigenvalue weighted by Gasteiger charge is 2.42. The molecular formula is C22H21NO6. The summed E-state index contributed by atoms with van der Waals surface area (Å²) in [7, 11) is 0. The van der Waals surface area contributed by atoms with Crippen LogP contribution in [-0.4, -0.2) is 35.7 Å². The Bertz CT molecular complexity index is 1030. The van der Waals surface area contributed by atoms with Crippen LogP contribution < -0.4 is 10.1 Å². The van der Waals surface area contributed by atoms with Crippen LogP contribution in [0.25, 0.3) is 10.8 Å². The first-order valence-electron chi connectivity index (χ1n) is 9.40. The van der Waals surface area contributed by atoms with E-state index in [1.54, 1.807) is 6.07 Å². The van der Waals surface area contributed by atoms with Gasteiger partial charge in [-0.2, -0.15) is 0 Å². The van der Waals surface area contributed by atoms with Gasteiger partial charge in [-0.25, -0.2) is 4.79 Å². The zero-order chi connectivity index (χ0) is 20.3. The van der Waals surface area contributed by atoms with Crippen LogP contribution in [0.1, 0.15) is 29.2 Å². The molecule has 0 atom stereocenters. The summed E-state index contributed by atoms with van der Waals surface area (Å²) >= 11 is 0. The Morgan fingerprint density at radius 3 is 2.55 bits per heavy atom. The van der Waals surface area contributed by atoms with Crippen LogP contribution in [0.4, 0.5) is 0 Å². The number of nitrogens with one attached hydrogen (secondary N) is 1. The molecule has 1 saturated heterocycles. The third-order valence-corrected chi connectivity index (χ3v) is 5.10. The smallest absolute Gasteiger partial charge is 0.329 e. The van der Waals surface area contributed by atoms with E-state index >= 15 is 0 Å². The summed E-state index contributed by atoms with van der Waals surface area (Å²) in [6.07, 6.45) is 0.430. The normalized spacial score (nSPS) is 15.7. The van der Waals surface area contributed by atoms with E-state index in [-0.39, 0.29) is 38.4 Å². The first-order valence-corrected chi connectivity index (χ1v) is 9.40. The van der Waals surface area contributed by atoms with Crippen LogP contribution in [0.2, 0.25) is 0 Å². The molecule has 2 N–H and O–H groups in total. The Hall–Kier alpha value is -3.32. The molecule has 150 valence electrons. The average molecular weight is 395 g/mol. The summed E-state index contributed by atoms with van der Waals surface area (Å²) in [6.45, 7) is 0.731. The highest BCUT2D eigenvalue weighted by Crippen LogP contribution is 2.23. The Morgan fingerprint density at radius 2 is 1.79 bits per heavy atom. The molecule has 2 aromatic carbocycles. The number of carbonyl (C=O) groups excluding carboxylic acids is 1. The zero-order valence-corrected chi connectivity index (χ0v) is 15.7. The zero-order valence-electron chi connectivity index (χ0n) is 15.7. The van der Waals surface area contributed by atoms with Crippen molar-refractivity contribution in [3.8, 4) is 5.75 Å². The maximum atomic E-state index is 12.5. The number of hydrogen-bond donors (Lipinski definition) is 2. The van der Waals surface area contributed by atoms with Crippen molar-refractivity contribution in [3.05, 3.63) is 66.1 Å². The minimum atomic E-state index is -1.33. The lowest BCUT2D eigenvalue weighted by Crippen LogP contribution is -2.57. The standard InChI is InChI=1S/C22H21NO6/c24-20(23-22(21(25)26)9-11-27-12-10-22)19-8-7-18(29-19)14-28-17-6-5-15-3-1-2-4-16(15)13-17/h1-8,13H,9-12,14H2,(H,23,24)(H,25,26). The maximum Gasteiger partial charge on any atom is 0.329 e. The molecule has 29 heavy (non-hydrogen) atoms. The van der Waals surface area contributed by atoms with E-state index in [2.05, 4.69) is 5.32 Å². The number of benzene rings is 2. The van der Waals surface area contributed by atoms with Gasteiger partial charge in [-0.3, -0.25) is 4.79 Å². The van der Waals surface area contributed by atoms with Crippen molar-refractivity contribution in [2.75, 3.05) is 13.2 Å². The molecule has 7 heteroatoms. The number of furan rings is 1. The third kappa shape index (κ3) is 4.09. The van der Waals surface area contributed by atoms with E-state index in [1.807, 2.05) is 42.5 Å². The highest BCUT2D eigenvalue weighted by molar-refractivity contribution is 5.95. The lowest BCUT2D eigenvalue weighted by molar-refractivity contribution is -0.148. The number of hydrogen-bond acceptors (Lipinski definition) is 5. The number of aliphatic carboxylic acids is 1. The quantitative estimate of drug-likeness (QED) is 0.664. The fourth-order valence-electron chi connectivity index (χ4n) is 3.38. The van der Waals surface area contributed by atoms with E-state index in [0.717, 1.165) is 10.8 Å². The summed E-state index contributed by atoms with van der Waals surface area (Å²) in [5.74, 6) is -0.418. The maximum absolute atomic E-state index is 12.5. The van der Waals surface area contributed by atoms with Crippen molar-refractivity contribution >= 4 is 22.6 Å². The van der Waals surface area contributed by atoms with Crippen LogP contribution in [0, 0.1) is 0 Å². The van der Waals surface area contributed by atoms with Gasteiger partial charge in [-0.1, -0.05) is 30.3 Å². The average Bonchev–Trinajstić information content (AvgIpc) is 3.22. The number of ether oxygens (including phenoxy) is 2. The summed E-state index contributed by atoms with van der Waals surface area (Å²) < 4.78 is 16.5. The summed E-state index contributed by atoms with van der Waals surface area (Å²) in [4.78, 5) is 24.2. The lowest BCUT2D eigenvalue weighted by atomic mass is 9.90. The molecule has 1 amide bonds. The molecule has 0 bridgehead atoms. The summed E-state index contributed by atoms with van der Waals surface area (Å²) in [5.41, 5.74) is -1.33. The molecule has 1 fully saturated rings. The van der Waals surface area contributed by atoms with Gasteiger partial charge < -0.3 is 24.3 Å². The Morgan fingerprint density at radius 1 is 1.03 bits per heavy atom. The Kier molecular flexibility index (Phi) is 5.22. The van der Waals surface area contributed by atoms with Gasteiger partial charge in [0.2, 0.25) is 0 Å². The number of carboxylic acids is 1. The molecule has 0 spiro atoms. The highest BCUT2D eigenvalue weighted by atomic mass is 16.5. The van der Waals surface area contributed by atoms with Crippen LogP contribution in [-0.2, 0) is 16.1 Å². The van der Waals surface area contributed by atoms with E-state index in [1.165, 1.54) is 6.07 Å². The number of carboxylic acid groups (broad SMARTS) is 1. The predicted octanol–water partition coefficient (Wildman–Crippen LogP) is 3.38. The molecule has 0 saturated carbocycles. The van der Waals surface area contributed by atoms with Gasteiger partial charge in [0.1, 0.15) is 23.7 Å². The van der Waals surface area contributed by atoms with Crippen molar-refractivity contribution in [2.45, 2.75) is 25.0 Å².